The minimum atomic E-state index is -0.170. The highest BCUT2D eigenvalue weighted by Gasteiger charge is 2.11. The molecule has 0 bridgehead atoms. The van der Waals surface area contributed by atoms with Crippen molar-refractivity contribution in [1.29, 1.82) is 0 Å². The molecule has 2 heterocycles. The number of hydrogen-bond donors (Lipinski definition) is 2. The Hall–Kier alpha value is -1.95. The normalized spacial score (nSPS) is 12.1. The summed E-state index contributed by atoms with van der Waals surface area (Å²) >= 11 is 5.06. The third kappa shape index (κ3) is 3.04. The van der Waals surface area contributed by atoms with Crippen molar-refractivity contribution in [2.24, 2.45) is 0 Å². The van der Waals surface area contributed by atoms with Crippen LogP contribution in [0.15, 0.2) is 36.8 Å². The van der Waals surface area contributed by atoms with Crippen molar-refractivity contribution in [2.75, 3.05) is 0 Å². The van der Waals surface area contributed by atoms with Gasteiger partial charge in [0.15, 0.2) is 0 Å². The highest BCUT2D eigenvalue weighted by atomic mass is 32.1. The highest BCUT2D eigenvalue weighted by Crippen LogP contribution is 2.00. The molecule has 0 fully saturated rings. The zero-order valence-electron chi connectivity index (χ0n) is 9.96. The molecule has 0 spiro atoms. The Morgan fingerprint density at radius 3 is 3.11 bits per heavy atom. The van der Waals surface area contributed by atoms with Crippen LogP contribution in [0.1, 0.15) is 17.3 Å². The molecule has 1 atom stereocenters. The van der Waals surface area contributed by atoms with Crippen LogP contribution in [-0.2, 0) is 6.54 Å². The lowest BCUT2D eigenvalue weighted by atomic mass is 10.2. The van der Waals surface area contributed by atoms with Gasteiger partial charge in [-0.1, -0.05) is 12.2 Å². The quantitative estimate of drug-likeness (QED) is 0.825. The molecule has 0 saturated heterocycles. The van der Waals surface area contributed by atoms with Crippen LogP contribution < -0.4 is 5.32 Å². The van der Waals surface area contributed by atoms with Crippen molar-refractivity contribution in [3.63, 3.8) is 0 Å². The number of amides is 1. The first kappa shape index (κ1) is 12.5. The fourth-order valence-electron chi connectivity index (χ4n) is 1.64. The van der Waals surface area contributed by atoms with E-state index in [1.165, 1.54) is 0 Å². The summed E-state index contributed by atoms with van der Waals surface area (Å²) in [7, 11) is 0. The van der Waals surface area contributed by atoms with Gasteiger partial charge in [-0.05, 0) is 25.1 Å². The van der Waals surface area contributed by atoms with Gasteiger partial charge >= 0.3 is 0 Å². The van der Waals surface area contributed by atoms with E-state index in [2.05, 4.69) is 15.4 Å². The van der Waals surface area contributed by atoms with E-state index in [1.807, 2.05) is 19.2 Å². The van der Waals surface area contributed by atoms with E-state index in [0.29, 0.717) is 16.7 Å². The van der Waals surface area contributed by atoms with Crippen LogP contribution in [0, 0.1) is 4.64 Å². The summed E-state index contributed by atoms with van der Waals surface area (Å²) in [6.45, 7) is 2.55. The summed E-state index contributed by atoms with van der Waals surface area (Å²) in [6, 6.07) is 5.28. The highest BCUT2D eigenvalue weighted by molar-refractivity contribution is 7.71. The number of nitrogens with zero attached hydrogens (tertiary/aromatic N) is 2. The first-order chi connectivity index (χ1) is 8.66. The Morgan fingerprint density at radius 1 is 1.61 bits per heavy atom. The Labute approximate surface area is 110 Å². The molecule has 0 aromatic carbocycles. The minimum absolute atomic E-state index is 0.0213. The van der Waals surface area contributed by atoms with Gasteiger partial charge in [-0.15, -0.1) is 0 Å². The van der Waals surface area contributed by atoms with Crippen molar-refractivity contribution in [1.82, 2.24) is 20.1 Å². The van der Waals surface area contributed by atoms with E-state index in [0.717, 1.165) is 0 Å². The van der Waals surface area contributed by atoms with Crippen LogP contribution in [0.3, 0.4) is 0 Å². The van der Waals surface area contributed by atoms with Crippen LogP contribution in [0.2, 0.25) is 0 Å². The standard InChI is InChI=1S/C12H14N4OS/c1-9(8-16-7-3-6-14-16)15-11(17)10-4-2-5-13-12(10)18/h2-7,9H,8H2,1H3,(H,13,18)(H,15,17)/t9-/m0/s1. The molecule has 18 heavy (non-hydrogen) atoms. The van der Waals surface area contributed by atoms with Gasteiger partial charge < -0.3 is 10.3 Å². The van der Waals surface area contributed by atoms with Gasteiger partial charge in [0.05, 0.1) is 12.1 Å². The number of nitrogens with one attached hydrogen (secondary N) is 2. The van der Waals surface area contributed by atoms with Crippen molar-refractivity contribution >= 4 is 18.1 Å². The van der Waals surface area contributed by atoms with E-state index in [-0.39, 0.29) is 11.9 Å². The fourth-order valence-corrected chi connectivity index (χ4v) is 1.87. The number of pyridine rings is 1. The van der Waals surface area contributed by atoms with Gasteiger partial charge in [0, 0.05) is 24.6 Å². The van der Waals surface area contributed by atoms with Crippen LogP contribution in [0.5, 0.6) is 0 Å². The molecule has 0 unspecified atom stereocenters. The van der Waals surface area contributed by atoms with Crippen LogP contribution in [0.4, 0.5) is 0 Å². The van der Waals surface area contributed by atoms with Crippen molar-refractivity contribution in [2.45, 2.75) is 19.5 Å². The summed E-state index contributed by atoms with van der Waals surface area (Å²) < 4.78 is 2.22. The lowest BCUT2D eigenvalue weighted by molar-refractivity contribution is 0.0935. The first-order valence-corrected chi connectivity index (χ1v) is 6.03. The second-order valence-electron chi connectivity index (χ2n) is 4.02. The predicted molar refractivity (Wildman–Crippen MR) is 70.8 cm³/mol. The summed E-state index contributed by atoms with van der Waals surface area (Å²) in [5, 5.41) is 6.98. The van der Waals surface area contributed by atoms with Gasteiger partial charge in [0.2, 0.25) is 0 Å². The zero-order valence-corrected chi connectivity index (χ0v) is 10.8. The van der Waals surface area contributed by atoms with E-state index in [4.69, 9.17) is 12.2 Å². The summed E-state index contributed by atoms with van der Waals surface area (Å²) in [6.07, 6.45) is 5.27. The smallest absolute Gasteiger partial charge is 0.254 e. The van der Waals surface area contributed by atoms with Crippen molar-refractivity contribution in [3.8, 4) is 0 Å². The zero-order chi connectivity index (χ0) is 13.0. The minimum Gasteiger partial charge on any atom is -0.352 e. The van der Waals surface area contributed by atoms with Gasteiger partial charge in [-0.3, -0.25) is 9.48 Å². The van der Waals surface area contributed by atoms with E-state index in [1.54, 1.807) is 29.2 Å². The summed E-state index contributed by atoms with van der Waals surface area (Å²) in [5.74, 6) is -0.170. The SMILES string of the molecule is C[C@@H](Cn1cccn1)NC(=O)c1ccc[nH]c1=S. The Bertz CT molecular complexity index is 576. The monoisotopic (exact) mass is 262 g/mol. The van der Waals surface area contributed by atoms with Crippen LogP contribution >= 0.6 is 12.2 Å². The van der Waals surface area contributed by atoms with Crippen molar-refractivity contribution in [3.05, 3.63) is 47.0 Å². The number of carbonyl (C=O) groups is 1. The van der Waals surface area contributed by atoms with Crippen LogP contribution in [0.25, 0.3) is 0 Å². The molecule has 2 N–H and O–H groups in total. The topological polar surface area (TPSA) is 62.7 Å². The predicted octanol–water partition coefficient (Wildman–Crippen LogP) is 1.76. The average Bonchev–Trinajstić information content (AvgIpc) is 2.82. The lowest BCUT2D eigenvalue weighted by Gasteiger charge is -2.13. The summed E-state index contributed by atoms with van der Waals surface area (Å²) in [5.41, 5.74) is 0.486. The molecule has 6 heteroatoms. The molecule has 0 aliphatic heterocycles. The molecule has 0 saturated carbocycles. The number of H-pyrrole nitrogens is 1. The molecular formula is C12H14N4OS. The Kier molecular flexibility index (Phi) is 3.88. The Morgan fingerprint density at radius 2 is 2.44 bits per heavy atom. The first-order valence-electron chi connectivity index (χ1n) is 5.63. The molecule has 0 aliphatic rings. The van der Waals surface area contributed by atoms with Gasteiger partial charge in [-0.2, -0.15) is 5.10 Å². The largest absolute Gasteiger partial charge is 0.352 e. The molecule has 1 amide bonds. The van der Waals surface area contributed by atoms with Gasteiger partial charge in [0.25, 0.3) is 5.91 Å². The third-order valence-corrected chi connectivity index (χ3v) is 2.80. The van der Waals surface area contributed by atoms with E-state index in [9.17, 15) is 4.79 Å². The average molecular weight is 262 g/mol. The number of aromatic nitrogens is 3. The molecule has 94 valence electrons. The van der Waals surface area contributed by atoms with Crippen molar-refractivity contribution < 1.29 is 4.79 Å². The maximum Gasteiger partial charge on any atom is 0.254 e. The molecule has 5 nitrogen and oxygen atoms in total. The van der Waals surface area contributed by atoms with Gasteiger partial charge in [0.1, 0.15) is 4.64 Å². The fraction of sp³-hybridized carbons (Fsp3) is 0.250. The molecular weight excluding hydrogens is 248 g/mol. The Balaban J connectivity index is 1.99. The lowest BCUT2D eigenvalue weighted by Crippen LogP contribution is -2.36. The maximum absolute atomic E-state index is 12.0. The number of rotatable bonds is 4. The molecule has 0 aliphatic carbocycles. The maximum atomic E-state index is 12.0. The van der Waals surface area contributed by atoms with E-state index < -0.39 is 0 Å². The second-order valence-corrected chi connectivity index (χ2v) is 4.42. The molecule has 2 aromatic heterocycles. The third-order valence-electron chi connectivity index (χ3n) is 2.46. The van der Waals surface area contributed by atoms with Gasteiger partial charge in [-0.25, -0.2) is 0 Å². The second kappa shape index (κ2) is 5.59. The number of aromatic amines is 1. The van der Waals surface area contributed by atoms with E-state index >= 15 is 0 Å². The number of hydrogen-bond acceptors (Lipinski definition) is 3. The summed E-state index contributed by atoms with van der Waals surface area (Å²) in [4.78, 5) is 14.8. The van der Waals surface area contributed by atoms with Crippen LogP contribution in [-0.4, -0.2) is 26.7 Å². The molecule has 2 aromatic rings. The molecule has 0 radical (unpaired) electrons. The number of carbonyl (C=O) groups excluding carboxylic acids is 1. The molecule has 2 rings (SSSR count).